The summed E-state index contributed by atoms with van der Waals surface area (Å²) in [6, 6.07) is 6.83. The Balaban J connectivity index is 2.30. The van der Waals surface area contributed by atoms with Crippen molar-refractivity contribution in [2.45, 2.75) is 12.8 Å². The van der Waals surface area contributed by atoms with Gasteiger partial charge in [0.25, 0.3) is 0 Å². The van der Waals surface area contributed by atoms with Crippen LogP contribution in [-0.4, -0.2) is 40.2 Å². The molecule has 3 rings (SSSR count). The molecule has 0 saturated carbocycles. The van der Waals surface area contributed by atoms with Gasteiger partial charge in [0, 0.05) is 17.5 Å². The van der Waals surface area contributed by atoms with E-state index in [1.165, 1.54) is 7.11 Å². The summed E-state index contributed by atoms with van der Waals surface area (Å²) in [7, 11) is 5.97. The van der Waals surface area contributed by atoms with Crippen molar-refractivity contribution in [1.82, 2.24) is 0 Å². The first-order valence-corrected chi connectivity index (χ1v) is 8.13. The first-order valence-electron chi connectivity index (χ1n) is 8.13. The summed E-state index contributed by atoms with van der Waals surface area (Å²) < 4.78 is 21.2. The number of ether oxygens (including phenoxy) is 4. The van der Waals surface area contributed by atoms with Gasteiger partial charge in [-0.2, -0.15) is 0 Å². The second kappa shape index (κ2) is 7.07. The van der Waals surface area contributed by atoms with E-state index >= 15 is 0 Å². The first kappa shape index (κ1) is 17.8. The van der Waals surface area contributed by atoms with E-state index < -0.39 is 5.97 Å². The van der Waals surface area contributed by atoms with E-state index in [0.29, 0.717) is 41.2 Å². The van der Waals surface area contributed by atoms with Crippen LogP contribution in [0, 0.1) is 0 Å². The van der Waals surface area contributed by atoms with Crippen molar-refractivity contribution < 1.29 is 28.5 Å². The van der Waals surface area contributed by atoms with Crippen LogP contribution < -0.4 is 14.2 Å². The highest BCUT2D eigenvalue weighted by Gasteiger charge is 2.28. The molecule has 2 aromatic carbocycles. The molecule has 0 radical (unpaired) electrons. The van der Waals surface area contributed by atoms with Crippen molar-refractivity contribution in [3.05, 3.63) is 41.0 Å². The maximum absolute atomic E-state index is 12.7. The minimum absolute atomic E-state index is 0.0399. The zero-order chi connectivity index (χ0) is 18.8. The number of hydrogen-bond donors (Lipinski definition) is 0. The molecule has 1 aliphatic rings. The lowest BCUT2D eigenvalue weighted by molar-refractivity contribution is 0.0600. The Kier molecular flexibility index (Phi) is 4.84. The molecule has 0 aliphatic heterocycles. The van der Waals surface area contributed by atoms with Crippen molar-refractivity contribution in [3.8, 4) is 28.4 Å². The normalized spacial score (nSPS) is 12.5. The van der Waals surface area contributed by atoms with Gasteiger partial charge in [0.1, 0.15) is 0 Å². The van der Waals surface area contributed by atoms with Gasteiger partial charge in [0.2, 0.25) is 5.75 Å². The molecule has 0 amide bonds. The molecule has 6 heteroatoms. The number of fused-ring (bicyclic) bond motifs is 3. The standard InChI is InChI=1S/C20H20O6/c1-23-17-10-14-12-6-5-11(20(22)26-4)9-15(12)16(21)8-7-13(14)18(24-2)19(17)25-3/h5-6,9-10H,7-8H2,1-4H3. The third-order valence-electron chi connectivity index (χ3n) is 4.57. The van der Waals surface area contributed by atoms with Crippen LogP contribution >= 0.6 is 0 Å². The average Bonchev–Trinajstić information content (AvgIpc) is 2.82. The molecule has 0 heterocycles. The van der Waals surface area contributed by atoms with Gasteiger partial charge in [-0.05, 0) is 35.7 Å². The van der Waals surface area contributed by atoms with Crippen molar-refractivity contribution in [3.63, 3.8) is 0 Å². The van der Waals surface area contributed by atoms with Gasteiger partial charge in [-0.3, -0.25) is 4.79 Å². The predicted octanol–water partition coefficient (Wildman–Crippen LogP) is 3.29. The minimum Gasteiger partial charge on any atom is -0.493 e. The number of carbonyl (C=O) groups is 2. The molecule has 0 saturated heterocycles. The summed E-state index contributed by atoms with van der Waals surface area (Å²) in [5.74, 6) is 1.05. The van der Waals surface area contributed by atoms with Gasteiger partial charge in [0.05, 0.1) is 34.0 Å². The Labute approximate surface area is 151 Å². The van der Waals surface area contributed by atoms with E-state index in [-0.39, 0.29) is 5.78 Å². The lowest BCUT2D eigenvalue weighted by atomic mass is 9.93. The molecule has 136 valence electrons. The fourth-order valence-corrected chi connectivity index (χ4v) is 3.33. The molecule has 6 nitrogen and oxygen atoms in total. The van der Waals surface area contributed by atoms with Crippen LogP contribution in [0.1, 0.15) is 32.7 Å². The fourth-order valence-electron chi connectivity index (χ4n) is 3.33. The highest BCUT2D eigenvalue weighted by Crippen LogP contribution is 2.47. The van der Waals surface area contributed by atoms with Crippen LogP contribution in [0.3, 0.4) is 0 Å². The van der Waals surface area contributed by atoms with Gasteiger partial charge in [-0.15, -0.1) is 0 Å². The lowest BCUT2D eigenvalue weighted by Gasteiger charge is -2.19. The zero-order valence-electron chi connectivity index (χ0n) is 15.2. The highest BCUT2D eigenvalue weighted by molar-refractivity contribution is 6.06. The lowest BCUT2D eigenvalue weighted by Crippen LogP contribution is -2.05. The molecule has 1 aliphatic carbocycles. The molecule has 0 atom stereocenters. The van der Waals surface area contributed by atoms with E-state index in [1.54, 1.807) is 39.5 Å². The number of rotatable bonds is 4. The first-order chi connectivity index (χ1) is 12.5. The molecular formula is C20H20O6. The number of methoxy groups -OCH3 is 4. The summed E-state index contributed by atoms with van der Waals surface area (Å²) in [6.45, 7) is 0. The Bertz CT molecular complexity index is 884. The smallest absolute Gasteiger partial charge is 0.337 e. The topological polar surface area (TPSA) is 71.1 Å². The number of hydrogen-bond acceptors (Lipinski definition) is 6. The van der Waals surface area contributed by atoms with Crippen LogP contribution in [0.4, 0.5) is 0 Å². The van der Waals surface area contributed by atoms with Crippen LogP contribution in [0.2, 0.25) is 0 Å². The summed E-state index contributed by atoms with van der Waals surface area (Å²) in [5, 5.41) is 0. The highest BCUT2D eigenvalue weighted by atomic mass is 16.5. The van der Waals surface area contributed by atoms with Crippen molar-refractivity contribution in [2.24, 2.45) is 0 Å². The van der Waals surface area contributed by atoms with Gasteiger partial charge in [0.15, 0.2) is 17.3 Å². The molecule has 2 aromatic rings. The Morgan fingerprint density at radius 1 is 0.846 bits per heavy atom. The predicted molar refractivity (Wildman–Crippen MR) is 95.5 cm³/mol. The third kappa shape index (κ3) is 2.77. The molecule has 0 bridgehead atoms. The Morgan fingerprint density at radius 2 is 1.58 bits per heavy atom. The van der Waals surface area contributed by atoms with E-state index in [2.05, 4.69) is 0 Å². The minimum atomic E-state index is -0.477. The number of ketones is 1. The van der Waals surface area contributed by atoms with Crippen molar-refractivity contribution in [1.29, 1.82) is 0 Å². The van der Waals surface area contributed by atoms with E-state index in [4.69, 9.17) is 18.9 Å². The van der Waals surface area contributed by atoms with Crippen molar-refractivity contribution >= 4 is 11.8 Å². The summed E-state index contributed by atoms with van der Waals surface area (Å²) >= 11 is 0. The maximum Gasteiger partial charge on any atom is 0.337 e. The van der Waals surface area contributed by atoms with Gasteiger partial charge < -0.3 is 18.9 Å². The van der Waals surface area contributed by atoms with Gasteiger partial charge in [-0.1, -0.05) is 6.07 Å². The van der Waals surface area contributed by atoms with E-state index in [1.807, 2.05) is 6.07 Å². The quantitative estimate of drug-likeness (QED) is 0.783. The van der Waals surface area contributed by atoms with E-state index in [0.717, 1.165) is 16.7 Å². The van der Waals surface area contributed by atoms with Crippen LogP contribution in [0.25, 0.3) is 11.1 Å². The monoisotopic (exact) mass is 356 g/mol. The van der Waals surface area contributed by atoms with E-state index in [9.17, 15) is 9.59 Å². The largest absolute Gasteiger partial charge is 0.493 e. The number of Topliss-reactive ketones (excluding diaryl/α,β-unsaturated/α-hetero) is 1. The number of benzene rings is 2. The second-order valence-electron chi connectivity index (χ2n) is 5.85. The Morgan fingerprint density at radius 3 is 2.19 bits per heavy atom. The maximum atomic E-state index is 12.7. The third-order valence-corrected chi connectivity index (χ3v) is 4.57. The SMILES string of the molecule is COC(=O)c1ccc2c(c1)C(=O)CCc1c-2cc(OC)c(OC)c1OC. The average molecular weight is 356 g/mol. The molecule has 0 unspecified atom stereocenters. The summed E-state index contributed by atoms with van der Waals surface area (Å²) in [5.41, 5.74) is 3.27. The van der Waals surface area contributed by atoms with Crippen LogP contribution in [-0.2, 0) is 11.2 Å². The van der Waals surface area contributed by atoms with Crippen LogP contribution in [0.15, 0.2) is 24.3 Å². The molecule has 0 fully saturated rings. The number of esters is 1. The van der Waals surface area contributed by atoms with Crippen LogP contribution in [0.5, 0.6) is 17.2 Å². The van der Waals surface area contributed by atoms with Gasteiger partial charge >= 0.3 is 5.97 Å². The summed E-state index contributed by atoms with van der Waals surface area (Å²) in [4.78, 5) is 24.5. The molecule has 26 heavy (non-hydrogen) atoms. The van der Waals surface area contributed by atoms with Gasteiger partial charge in [-0.25, -0.2) is 4.79 Å². The Hall–Kier alpha value is -3.02. The molecule has 0 aromatic heterocycles. The van der Waals surface area contributed by atoms with Crippen molar-refractivity contribution in [2.75, 3.05) is 28.4 Å². The second-order valence-corrected chi connectivity index (χ2v) is 5.85. The number of carbonyl (C=O) groups excluding carboxylic acids is 2. The summed E-state index contributed by atoms with van der Waals surface area (Å²) in [6.07, 6.45) is 0.802. The molecular weight excluding hydrogens is 336 g/mol. The molecule has 0 spiro atoms. The molecule has 0 N–H and O–H groups in total. The fraction of sp³-hybridized carbons (Fsp3) is 0.300. The zero-order valence-corrected chi connectivity index (χ0v) is 15.2.